The smallest absolute Gasteiger partial charge is 0.130 e. The molecule has 114 valence electrons. The highest BCUT2D eigenvalue weighted by atomic mass is 16.5. The van der Waals surface area contributed by atoms with Gasteiger partial charge >= 0.3 is 0 Å². The molecule has 2 aromatic rings. The standard InChI is InChI=1S/C17H25N3O/c1-5-9-18-16(17-19-10-11-20(17)6-2)14-8-7-13(3)12-15(14)21-4/h7-8,10-12,16,18H,5-6,9H2,1-4H3. The summed E-state index contributed by atoms with van der Waals surface area (Å²) in [5, 5.41) is 3.59. The van der Waals surface area contributed by atoms with Gasteiger partial charge < -0.3 is 14.6 Å². The molecule has 0 aliphatic carbocycles. The molecule has 0 fully saturated rings. The normalized spacial score (nSPS) is 12.4. The fourth-order valence-electron chi connectivity index (χ4n) is 2.53. The number of aryl methyl sites for hydroxylation is 2. The lowest BCUT2D eigenvalue weighted by Crippen LogP contribution is -2.26. The van der Waals surface area contributed by atoms with Crippen molar-refractivity contribution in [1.82, 2.24) is 14.9 Å². The van der Waals surface area contributed by atoms with Gasteiger partial charge in [0.15, 0.2) is 0 Å². The van der Waals surface area contributed by atoms with Crippen LogP contribution in [-0.2, 0) is 6.54 Å². The minimum Gasteiger partial charge on any atom is -0.496 e. The molecule has 0 saturated carbocycles. The second kappa shape index (κ2) is 7.27. The van der Waals surface area contributed by atoms with Gasteiger partial charge in [-0.1, -0.05) is 19.1 Å². The second-order valence-electron chi connectivity index (χ2n) is 5.20. The van der Waals surface area contributed by atoms with E-state index in [2.05, 4.69) is 53.8 Å². The van der Waals surface area contributed by atoms with Crippen molar-refractivity contribution in [3.63, 3.8) is 0 Å². The third-order valence-electron chi connectivity index (χ3n) is 3.65. The first kappa shape index (κ1) is 15.6. The highest BCUT2D eigenvalue weighted by molar-refractivity contribution is 5.41. The van der Waals surface area contributed by atoms with Crippen LogP contribution in [0.25, 0.3) is 0 Å². The Hall–Kier alpha value is -1.81. The summed E-state index contributed by atoms with van der Waals surface area (Å²) >= 11 is 0. The van der Waals surface area contributed by atoms with Crippen molar-refractivity contribution in [2.75, 3.05) is 13.7 Å². The lowest BCUT2D eigenvalue weighted by Gasteiger charge is -2.22. The van der Waals surface area contributed by atoms with Gasteiger partial charge in [-0.3, -0.25) is 0 Å². The molecular weight excluding hydrogens is 262 g/mol. The van der Waals surface area contributed by atoms with Gasteiger partial charge in [0.05, 0.1) is 13.2 Å². The van der Waals surface area contributed by atoms with Crippen LogP contribution < -0.4 is 10.1 Å². The maximum Gasteiger partial charge on any atom is 0.130 e. The van der Waals surface area contributed by atoms with Crippen LogP contribution in [0.1, 0.15) is 43.3 Å². The Labute approximate surface area is 127 Å². The van der Waals surface area contributed by atoms with Crippen LogP contribution in [0.3, 0.4) is 0 Å². The lowest BCUT2D eigenvalue weighted by atomic mass is 10.0. The second-order valence-corrected chi connectivity index (χ2v) is 5.20. The summed E-state index contributed by atoms with van der Waals surface area (Å²) in [5.74, 6) is 1.95. The number of rotatable bonds is 7. The highest BCUT2D eigenvalue weighted by Gasteiger charge is 2.21. The number of hydrogen-bond donors (Lipinski definition) is 1. The van der Waals surface area contributed by atoms with E-state index in [0.29, 0.717) is 0 Å². The van der Waals surface area contributed by atoms with Crippen LogP contribution in [0.4, 0.5) is 0 Å². The Morgan fingerprint density at radius 1 is 1.33 bits per heavy atom. The number of nitrogens with one attached hydrogen (secondary N) is 1. The van der Waals surface area contributed by atoms with Gasteiger partial charge in [0, 0.05) is 24.5 Å². The molecule has 1 unspecified atom stereocenters. The third-order valence-corrected chi connectivity index (χ3v) is 3.65. The average molecular weight is 287 g/mol. The quantitative estimate of drug-likeness (QED) is 0.849. The fraction of sp³-hybridized carbons (Fsp3) is 0.471. The SMILES string of the molecule is CCCNC(c1ccc(C)cc1OC)c1nccn1CC. The molecule has 0 saturated heterocycles. The van der Waals surface area contributed by atoms with Crippen molar-refractivity contribution in [2.24, 2.45) is 0 Å². The molecule has 0 amide bonds. The topological polar surface area (TPSA) is 39.1 Å². The molecule has 2 rings (SSSR count). The van der Waals surface area contributed by atoms with Crippen molar-refractivity contribution in [3.8, 4) is 5.75 Å². The minimum absolute atomic E-state index is 0.0513. The number of hydrogen-bond acceptors (Lipinski definition) is 3. The van der Waals surface area contributed by atoms with Crippen molar-refractivity contribution >= 4 is 0 Å². The number of methoxy groups -OCH3 is 1. The van der Waals surface area contributed by atoms with Crippen molar-refractivity contribution in [3.05, 3.63) is 47.5 Å². The number of aromatic nitrogens is 2. The molecular formula is C17H25N3O. The molecule has 1 aromatic carbocycles. The Balaban J connectivity index is 2.45. The molecule has 1 heterocycles. The molecule has 1 atom stereocenters. The average Bonchev–Trinajstić information content (AvgIpc) is 2.97. The zero-order valence-corrected chi connectivity index (χ0v) is 13.4. The van der Waals surface area contributed by atoms with Gasteiger partial charge in [-0.25, -0.2) is 4.98 Å². The van der Waals surface area contributed by atoms with Gasteiger partial charge in [0.2, 0.25) is 0 Å². The van der Waals surface area contributed by atoms with E-state index in [0.717, 1.165) is 36.6 Å². The van der Waals surface area contributed by atoms with Crippen molar-refractivity contribution in [1.29, 1.82) is 0 Å². The zero-order chi connectivity index (χ0) is 15.2. The maximum absolute atomic E-state index is 5.58. The lowest BCUT2D eigenvalue weighted by molar-refractivity contribution is 0.401. The predicted octanol–water partition coefficient (Wildman–Crippen LogP) is 3.31. The Bertz CT molecular complexity index is 577. The van der Waals surface area contributed by atoms with E-state index < -0.39 is 0 Å². The summed E-state index contributed by atoms with van der Waals surface area (Å²) < 4.78 is 7.75. The third kappa shape index (κ3) is 3.45. The van der Waals surface area contributed by atoms with E-state index in [1.165, 1.54) is 5.56 Å². The molecule has 4 nitrogen and oxygen atoms in total. The van der Waals surface area contributed by atoms with Crippen LogP contribution in [-0.4, -0.2) is 23.2 Å². The van der Waals surface area contributed by atoms with E-state index in [-0.39, 0.29) is 6.04 Å². The molecule has 1 aromatic heterocycles. The molecule has 0 bridgehead atoms. The Kier molecular flexibility index (Phi) is 5.39. The summed E-state index contributed by atoms with van der Waals surface area (Å²) in [7, 11) is 1.72. The summed E-state index contributed by atoms with van der Waals surface area (Å²) in [6.07, 6.45) is 4.97. The summed E-state index contributed by atoms with van der Waals surface area (Å²) in [5.41, 5.74) is 2.33. The van der Waals surface area contributed by atoms with E-state index >= 15 is 0 Å². The largest absolute Gasteiger partial charge is 0.496 e. The van der Waals surface area contributed by atoms with Crippen LogP contribution in [0, 0.1) is 6.92 Å². The Morgan fingerprint density at radius 3 is 2.81 bits per heavy atom. The van der Waals surface area contributed by atoms with Gasteiger partial charge in [-0.2, -0.15) is 0 Å². The summed E-state index contributed by atoms with van der Waals surface area (Å²) in [4.78, 5) is 4.56. The molecule has 21 heavy (non-hydrogen) atoms. The molecule has 0 aliphatic rings. The first-order valence-electron chi connectivity index (χ1n) is 7.60. The summed E-state index contributed by atoms with van der Waals surface area (Å²) in [6.45, 7) is 8.23. The molecule has 0 spiro atoms. The van der Waals surface area contributed by atoms with Crippen molar-refractivity contribution < 1.29 is 4.74 Å². The fourth-order valence-corrected chi connectivity index (χ4v) is 2.53. The van der Waals surface area contributed by atoms with Crippen LogP contribution in [0.5, 0.6) is 5.75 Å². The highest BCUT2D eigenvalue weighted by Crippen LogP contribution is 2.30. The van der Waals surface area contributed by atoms with Gasteiger partial charge in [-0.05, 0) is 38.4 Å². The number of imidazole rings is 1. The predicted molar refractivity (Wildman–Crippen MR) is 85.8 cm³/mol. The summed E-state index contributed by atoms with van der Waals surface area (Å²) in [6, 6.07) is 6.39. The van der Waals surface area contributed by atoms with Crippen LogP contribution in [0.2, 0.25) is 0 Å². The van der Waals surface area contributed by atoms with E-state index in [4.69, 9.17) is 4.74 Å². The van der Waals surface area contributed by atoms with E-state index in [1.807, 2.05) is 12.4 Å². The zero-order valence-electron chi connectivity index (χ0n) is 13.4. The van der Waals surface area contributed by atoms with Crippen LogP contribution in [0.15, 0.2) is 30.6 Å². The molecule has 1 N–H and O–H groups in total. The van der Waals surface area contributed by atoms with Crippen molar-refractivity contribution in [2.45, 2.75) is 39.8 Å². The number of ether oxygens (including phenoxy) is 1. The van der Waals surface area contributed by atoms with E-state index in [9.17, 15) is 0 Å². The van der Waals surface area contributed by atoms with Gasteiger partial charge in [-0.15, -0.1) is 0 Å². The number of benzene rings is 1. The first-order valence-corrected chi connectivity index (χ1v) is 7.60. The van der Waals surface area contributed by atoms with Gasteiger partial charge in [0.1, 0.15) is 11.6 Å². The minimum atomic E-state index is 0.0513. The first-order chi connectivity index (χ1) is 10.2. The van der Waals surface area contributed by atoms with Gasteiger partial charge in [0.25, 0.3) is 0 Å². The monoisotopic (exact) mass is 287 g/mol. The van der Waals surface area contributed by atoms with Crippen LogP contribution >= 0.6 is 0 Å². The Morgan fingerprint density at radius 2 is 2.14 bits per heavy atom. The molecule has 0 aliphatic heterocycles. The molecule has 4 heteroatoms. The molecule has 0 radical (unpaired) electrons. The number of nitrogens with zero attached hydrogens (tertiary/aromatic N) is 2. The maximum atomic E-state index is 5.58. The van der Waals surface area contributed by atoms with E-state index in [1.54, 1.807) is 7.11 Å².